The molecule has 1 aromatic carbocycles. The van der Waals surface area contributed by atoms with Gasteiger partial charge in [-0.25, -0.2) is 0 Å². The molecule has 1 aromatic rings. The van der Waals surface area contributed by atoms with E-state index in [9.17, 15) is 0 Å². The average Bonchev–Trinajstić information content (AvgIpc) is 2.28. The molecule has 2 rings (SSSR count). The Kier molecular flexibility index (Phi) is 2.13. The van der Waals surface area contributed by atoms with E-state index in [1.807, 2.05) is 18.3 Å². The standard InChI is InChI=1S/C10H10ClN/c11-10-2-1-8-3-5-12-6-4-9(8)7-10/h1-2,5,7H,3-4,6H2. The summed E-state index contributed by atoms with van der Waals surface area (Å²) in [7, 11) is 0. The molecule has 0 spiro atoms. The van der Waals surface area contributed by atoms with E-state index in [1.165, 1.54) is 11.1 Å². The van der Waals surface area contributed by atoms with Crippen molar-refractivity contribution in [3.05, 3.63) is 34.3 Å². The van der Waals surface area contributed by atoms with Crippen LogP contribution in [-0.2, 0) is 12.8 Å². The summed E-state index contributed by atoms with van der Waals surface area (Å²) in [5, 5.41) is 0.829. The summed E-state index contributed by atoms with van der Waals surface area (Å²) < 4.78 is 0. The lowest BCUT2D eigenvalue weighted by Gasteiger charge is -2.03. The summed E-state index contributed by atoms with van der Waals surface area (Å²) in [6.45, 7) is 0.896. The van der Waals surface area contributed by atoms with Crippen LogP contribution in [0.3, 0.4) is 0 Å². The Morgan fingerprint density at radius 1 is 1.25 bits per heavy atom. The minimum absolute atomic E-state index is 0.829. The number of halogens is 1. The second-order valence-corrected chi connectivity index (χ2v) is 3.39. The van der Waals surface area contributed by atoms with Gasteiger partial charge in [0.15, 0.2) is 0 Å². The number of hydrogen-bond acceptors (Lipinski definition) is 1. The quantitative estimate of drug-likeness (QED) is 0.581. The molecule has 0 saturated heterocycles. The van der Waals surface area contributed by atoms with E-state index in [4.69, 9.17) is 11.6 Å². The third-order valence-corrected chi connectivity index (χ3v) is 2.35. The molecule has 0 N–H and O–H groups in total. The molecular formula is C10H10ClN. The Bertz CT molecular complexity index is 318. The van der Waals surface area contributed by atoms with E-state index in [0.29, 0.717) is 0 Å². The smallest absolute Gasteiger partial charge is 0.0426 e. The number of benzene rings is 1. The SMILES string of the molecule is Clc1ccc2c(c1)CCN=CC2. The molecule has 1 aliphatic rings. The average molecular weight is 180 g/mol. The van der Waals surface area contributed by atoms with Crippen LogP contribution in [0.5, 0.6) is 0 Å². The van der Waals surface area contributed by atoms with Crippen LogP contribution in [0.15, 0.2) is 23.2 Å². The lowest BCUT2D eigenvalue weighted by Crippen LogP contribution is -1.92. The van der Waals surface area contributed by atoms with Crippen molar-refractivity contribution < 1.29 is 0 Å². The highest BCUT2D eigenvalue weighted by atomic mass is 35.5. The first-order chi connectivity index (χ1) is 5.86. The highest BCUT2D eigenvalue weighted by Crippen LogP contribution is 2.18. The molecule has 62 valence electrons. The Morgan fingerprint density at radius 3 is 3.08 bits per heavy atom. The first-order valence-electron chi connectivity index (χ1n) is 4.12. The topological polar surface area (TPSA) is 12.4 Å². The van der Waals surface area contributed by atoms with Crippen LogP contribution in [0.25, 0.3) is 0 Å². The Labute approximate surface area is 77.1 Å². The summed E-state index contributed by atoms with van der Waals surface area (Å²) in [5.74, 6) is 0. The van der Waals surface area contributed by atoms with E-state index in [1.54, 1.807) is 0 Å². The fraction of sp³-hybridized carbons (Fsp3) is 0.300. The second-order valence-electron chi connectivity index (χ2n) is 2.96. The summed E-state index contributed by atoms with van der Waals surface area (Å²) in [5.41, 5.74) is 2.71. The zero-order valence-corrected chi connectivity index (χ0v) is 7.51. The van der Waals surface area contributed by atoms with Crippen molar-refractivity contribution in [3.8, 4) is 0 Å². The van der Waals surface area contributed by atoms with Gasteiger partial charge in [0.2, 0.25) is 0 Å². The molecule has 1 heterocycles. The maximum absolute atomic E-state index is 5.89. The number of nitrogens with zero attached hydrogens (tertiary/aromatic N) is 1. The third kappa shape index (κ3) is 1.51. The molecule has 0 fully saturated rings. The van der Waals surface area contributed by atoms with Gasteiger partial charge in [0, 0.05) is 24.2 Å². The summed E-state index contributed by atoms with van der Waals surface area (Å²) in [6, 6.07) is 6.08. The molecule has 0 atom stereocenters. The summed E-state index contributed by atoms with van der Waals surface area (Å²) >= 11 is 5.89. The Morgan fingerprint density at radius 2 is 2.17 bits per heavy atom. The lowest BCUT2D eigenvalue weighted by molar-refractivity contribution is 0.977. The maximum atomic E-state index is 5.89. The van der Waals surface area contributed by atoms with E-state index < -0.39 is 0 Å². The Balaban J connectivity index is 2.42. The van der Waals surface area contributed by atoms with Crippen LogP contribution in [0, 0.1) is 0 Å². The largest absolute Gasteiger partial charge is 0.297 e. The van der Waals surface area contributed by atoms with Crippen molar-refractivity contribution in [2.45, 2.75) is 12.8 Å². The minimum atomic E-state index is 0.829. The van der Waals surface area contributed by atoms with Crippen molar-refractivity contribution in [3.63, 3.8) is 0 Å². The molecule has 0 amide bonds. The molecule has 0 aromatic heterocycles. The van der Waals surface area contributed by atoms with Crippen molar-refractivity contribution in [1.29, 1.82) is 0 Å². The van der Waals surface area contributed by atoms with Crippen LogP contribution in [-0.4, -0.2) is 12.8 Å². The van der Waals surface area contributed by atoms with Crippen LogP contribution >= 0.6 is 11.6 Å². The summed E-state index contributed by atoms with van der Waals surface area (Å²) in [6.07, 6.45) is 3.96. The maximum Gasteiger partial charge on any atom is 0.0426 e. The molecule has 0 bridgehead atoms. The van der Waals surface area contributed by atoms with Gasteiger partial charge >= 0.3 is 0 Å². The number of hydrogen-bond donors (Lipinski definition) is 0. The molecular weight excluding hydrogens is 170 g/mol. The molecule has 0 unspecified atom stereocenters. The third-order valence-electron chi connectivity index (χ3n) is 2.12. The molecule has 1 aliphatic heterocycles. The van der Waals surface area contributed by atoms with E-state index >= 15 is 0 Å². The second kappa shape index (κ2) is 3.28. The minimum Gasteiger partial charge on any atom is -0.297 e. The number of rotatable bonds is 0. The first kappa shape index (κ1) is 7.81. The fourth-order valence-corrected chi connectivity index (χ4v) is 1.66. The van der Waals surface area contributed by atoms with Gasteiger partial charge in [-0.05, 0) is 29.7 Å². The molecule has 0 aliphatic carbocycles. The van der Waals surface area contributed by atoms with E-state index in [0.717, 1.165) is 24.4 Å². The predicted molar refractivity (Wildman–Crippen MR) is 52.2 cm³/mol. The fourth-order valence-electron chi connectivity index (χ4n) is 1.47. The molecule has 12 heavy (non-hydrogen) atoms. The van der Waals surface area contributed by atoms with Gasteiger partial charge in [-0.15, -0.1) is 0 Å². The van der Waals surface area contributed by atoms with Gasteiger partial charge < -0.3 is 0 Å². The zero-order valence-electron chi connectivity index (χ0n) is 6.76. The summed E-state index contributed by atoms with van der Waals surface area (Å²) in [4.78, 5) is 4.25. The van der Waals surface area contributed by atoms with Gasteiger partial charge in [-0.1, -0.05) is 17.7 Å². The molecule has 2 heteroatoms. The highest BCUT2D eigenvalue weighted by Gasteiger charge is 2.04. The predicted octanol–water partition coefficient (Wildman–Crippen LogP) is 2.51. The van der Waals surface area contributed by atoms with Gasteiger partial charge in [0.05, 0.1) is 0 Å². The normalized spacial score (nSPS) is 15.4. The first-order valence-corrected chi connectivity index (χ1v) is 4.49. The van der Waals surface area contributed by atoms with E-state index in [-0.39, 0.29) is 0 Å². The monoisotopic (exact) mass is 179 g/mol. The van der Waals surface area contributed by atoms with Crippen LogP contribution in [0.4, 0.5) is 0 Å². The van der Waals surface area contributed by atoms with Crippen LogP contribution in [0.2, 0.25) is 5.02 Å². The van der Waals surface area contributed by atoms with Crippen molar-refractivity contribution in [2.24, 2.45) is 4.99 Å². The van der Waals surface area contributed by atoms with E-state index in [2.05, 4.69) is 11.1 Å². The number of aliphatic imine (C=N–C) groups is 1. The van der Waals surface area contributed by atoms with Gasteiger partial charge in [-0.3, -0.25) is 4.99 Å². The van der Waals surface area contributed by atoms with Crippen LogP contribution in [0.1, 0.15) is 11.1 Å². The van der Waals surface area contributed by atoms with Crippen molar-refractivity contribution in [1.82, 2.24) is 0 Å². The number of fused-ring (bicyclic) bond motifs is 1. The van der Waals surface area contributed by atoms with Gasteiger partial charge in [0.1, 0.15) is 0 Å². The van der Waals surface area contributed by atoms with Crippen molar-refractivity contribution >= 4 is 17.8 Å². The Hall–Kier alpha value is -0.820. The highest BCUT2D eigenvalue weighted by molar-refractivity contribution is 6.30. The van der Waals surface area contributed by atoms with Crippen LogP contribution < -0.4 is 0 Å². The van der Waals surface area contributed by atoms with Gasteiger partial charge in [0.25, 0.3) is 0 Å². The molecule has 1 nitrogen and oxygen atoms in total. The lowest BCUT2D eigenvalue weighted by atomic mass is 10.0. The van der Waals surface area contributed by atoms with Crippen molar-refractivity contribution in [2.75, 3.05) is 6.54 Å². The van der Waals surface area contributed by atoms with Gasteiger partial charge in [-0.2, -0.15) is 0 Å². The molecule has 0 radical (unpaired) electrons. The molecule has 0 saturated carbocycles. The zero-order chi connectivity index (χ0) is 8.39.